The molecular weight excluding hydrogens is 486 g/mol. The van der Waals surface area contributed by atoms with Gasteiger partial charge in [-0.05, 0) is 19.3 Å². The molecule has 0 bridgehead atoms. The maximum Gasteiger partial charge on any atom is 0.326 e. The zero-order valence-electron chi connectivity index (χ0n) is 19.2. The second kappa shape index (κ2) is 15.6. The molecule has 0 aromatic rings. The molecule has 0 aliphatic rings. The zero-order valence-corrected chi connectivity index (χ0v) is 19.2. The Labute approximate surface area is 204 Å². The quantitative estimate of drug-likeness (QED) is 0.0829. The Balaban J connectivity index is 5.58. The van der Waals surface area contributed by atoms with E-state index < -0.39 is 90.8 Å². The Bertz CT molecular complexity index is 879. The number of nitrogens with one attached hydrogen (secondary N) is 3. The molecule has 0 spiro atoms. The van der Waals surface area contributed by atoms with Crippen molar-refractivity contribution in [3.8, 4) is 0 Å². The highest BCUT2D eigenvalue weighted by Crippen LogP contribution is 2.05. The van der Waals surface area contributed by atoms with Crippen LogP contribution in [0.3, 0.4) is 0 Å². The topological polar surface area (TPSA) is 317 Å². The van der Waals surface area contributed by atoms with E-state index in [1.54, 1.807) is 0 Å². The third-order valence-corrected chi connectivity index (χ3v) is 4.65. The fourth-order valence-corrected chi connectivity index (χ4v) is 2.74. The monoisotopic (exact) mass is 517 g/mol. The van der Waals surface area contributed by atoms with Crippen molar-refractivity contribution in [2.75, 3.05) is 0 Å². The van der Waals surface area contributed by atoms with Crippen molar-refractivity contribution < 1.29 is 48.6 Å². The molecule has 0 aromatic carbocycles. The molecule has 0 radical (unpaired) electrons. The summed E-state index contributed by atoms with van der Waals surface area (Å²) in [6.07, 6.45) is -2.98. The summed E-state index contributed by atoms with van der Waals surface area (Å²) in [5.41, 5.74) is 20.7. The van der Waals surface area contributed by atoms with Crippen LogP contribution in [0.4, 0.5) is 0 Å². The van der Waals surface area contributed by atoms with Gasteiger partial charge in [0.15, 0.2) is 0 Å². The molecule has 17 heteroatoms. The minimum atomic E-state index is -1.71. The predicted octanol–water partition coefficient (Wildman–Crippen LogP) is -4.88. The number of hydrogen-bond donors (Lipinski definition) is 9. The minimum absolute atomic E-state index is 0.164. The first-order chi connectivity index (χ1) is 16.6. The Morgan fingerprint density at radius 2 is 1.03 bits per heavy atom. The molecule has 0 fully saturated rings. The molecule has 0 rings (SSSR count). The molecule has 202 valence electrons. The highest BCUT2D eigenvalue weighted by molar-refractivity contribution is 5.96. The third-order valence-electron chi connectivity index (χ3n) is 4.65. The lowest BCUT2D eigenvalue weighted by Crippen LogP contribution is -2.57. The van der Waals surface area contributed by atoms with Crippen LogP contribution in [0.5, 0.6) is 0 Å². The summed E-state index contributed by atoms with van der Waals surface area (Å²) < 4.78 is 0. The molecular formula is C19H31N7O10. The van der Waals surface area contributed by atoms with Gasteiger partial charge in [-0.2, -0.15) is 0 Å². The van der Waals surface area contributed by atoms with Crippen molar-refractivity contribution in [2.24, 2.45) is 22.9 Å². The Hall–Kier alpha value is -4.28. The average Bonchev–Trinajstić information content (AvgIpc) is 2.75. The lowest BCUT2D eigenvalue weighted by Gasteiger charge is -2.24. The summed E-state index contributed by atoms with van der Waals surface area (Å²) >= 11 is 0. The largest absolute Gasteiger partial charge is 0.481 e. The van der Waals surface area contributed by atoms with E-state index in [1.165, 1.54) is 0 Å². The number of amides is 6. The van der Waals surface area contributed by atoms with Crippen LogP contribution < -0.4 is 38.9 Å². The molecule has 4 unspecified atom stereocenters. The van der Waals surface area contributed by atoms with Gasteiger partial charge in [0.05, 0.1) is 12.5 Å². The van der Waals surface area contributed by atoms with Crippen LogP contribution in [-0.4, -0.2) is 81.8 Å². The van der Waals surface area contributed by atoms with Gasteiger partial charge >= 0.3 is 11.9 Å². The lowest BCUT2D eigenvalue weighted by molar-refractivity contribution is -0.142. The molecule has 6 amide bonds. The van der Waals surface area contributed by atoms with E-state index in [9.17, 15) is 43.5 Å². The third kappa shape index (κ3) is 13.4. The molecule has 0 saturated heterocycles. The summed E-state index contributed by atoms with van der Waals surface area (Å²) in [4.78, 5) is 93.2. The average molecular weight is 517 g/mol. The van der Waals surface area contributed by atoms with Crippen LogP contribution in [0, 0.1) is 0 Å². The summed E-state index contributed by atoms with van der Waals surface area (Å²) in [5.74, 6) is -8.62. The van der Waals surface area contributed by atoms with Gasteiger partial charge in [0, 0.05) is 19.3 Å². The molecule has 4 atom stereocenters. The van der Waals surface area contributed by atoms with E-state index in [4.69, 9.17) is 28.0 Å². The van der Waals surface area contributed by atoms with Crippen LogP contribution in [-0.2, 0) is 38.4 Å². The number of carbonyl (C=O) groups excluding carboxylic acids is 6. The minimum Gasteiger partial charge on any atom is -0.481 e. The predicted molar refractivity (Wildman–Crippen MR) is 119 cm³/mol. The first-order valence-electron chi connectivity index (χ1n) is 10.6. The number of nitrogens with two attached hydrogens (primary N) is 4. The first-order valence-corrected chi connectivity index (χ1v) is 10.6. The maximum atomic E-state index is 12.8. The van der Waals surface area contributed by atoms with Gasteiger partial charge in [0.25, 0.3) is 0 Å². The van der Waals surface area contributed by atoms with Gasteiger partial charge in [0.2, 0.25) is 35.4 Å². The molecule has 13 N–H and O–H groups in total. The van der Waals surface area contributed by atoms with E-state index in [-0.39, 0.29) is 25.7 Å². The van der Waals surface area contributed by atoms with Crippen molar-refractivity contribution in [3.05, 3.63) is 0 Å². The summed E-state index contributed by atoms with van der Waals surface area (Å²) in [6, 6.07) is -6.12. The number of carbonyl (C=O) groups is 8. The van der Waals surface area contributed by atoms with Gasteiger partial charge < -0.3 is 49.1 Å². The molecule has 17 nitrogen and oxygen atoms in total. The highest BCUT2D eigenvalue weighted by Gasteiger charge is 2.31. The fraction of sp³-hybridized carbons (Fsp3) is 0.579. The molecule has 0 heterocycles. The van der Waals surface area contributed by atoms with Crippen LogP contribution in [0.15, 0.2) is 0 Å². The van der Waals surface area contributed by atoms with E-state index in [1.807, 2.05) is 5.32 Å². The number of carboxylic acids is 2. The summed E-state index contributed by atoms with van der Waals surface area (Å²) in [7, 11) is 0. The Morgan fingerprint density at radius 3 is 1.50 bits per heavy atom. The zero-order chi connectivity index (χ0) is 28.0. The van der Waals surface area contributed by atoms with Crippen molar-refractivity contribution in [3.63, 3.8) is 0 Å². The highest BCUT2D eigenvalue weighted by atomic mass is 16.4. The first kappa shape index (κ1) is 31.7. The van der Waals surface area contributed by atoms with Crippen LogP contribution in [0.1, 0.15) is 44.9 Å². The smallest absolute Gasteiger partial charge is 0.326 e. The maximum absolute atomic E-state index is 12.8. The number of carboxylic acid groups (broad SMARTS) is 2. The van der Waals surface area contributed by atoms with Crippen LogP contribution in [0.2, 0.25) is 0 Å². The fourth-order valence-electron chi connectivity index (χ4n) is 2.74. The Kier molecular flexibility index (Phi) is 13.7. The standard InChI is InChI=1S/C19H31N7O10/c20-8(1-4-12(21)27)16(32)24-9(3-6-15(30)31)17(33)26-11(7-14(23)29)18(34)25-10(19(35)36)2-5-13(22)28/h8-11H,1-7,20H2,(H2,21,27)(H2,22,28)(H2,23,29)(H,24,32)(H,25,34)(H,26,33)(H,30,31)(H,35,36). The second-order valence-corrected chi connectivity index (χ2v) is 7.74. The van der Waals surface area contributed by atoms with Crippen LogP contribution >= 0.6 is 0 Å². The molecule has 0 aliphatic heterocycles. The molecule has 36 heavy (non-hydrogen) atoms. The van der Waals surface area contributed by atoms with Crippen molar-refractivity contribution >= 4 is 47.4 Å². The number of primary amides is 3. The lowest BCUT2D eigenvalue weighted by atomic mass is 10.1. The van der Waals surface area contributed by atoms with Crippen molar-refractivity contribution in [1.29, 1.82) is 0 Å². The summed E-state index contributed by atoms with van der Waals surface area (Å²) in [5, 5.41) is 24.5. The normalized spacial score (nSPS) is 13.8. The molecule has 0 saturated carbocycles. The van der Waals surface area contributed by atoms with E-state index in [0.29, 0.717) is 0 Å². The summed E-state index contributed by atoms with van der Waals surface area (Å²) in [6.45, 7) is 0. The number of aliphatic carboxylic acids is 2. The van der Waals surface area contributed by atoms with Gasteiger partial charge in [0.1, 0.15) is 18.1 Å². The van der Waals surface area contributed by atoms with Gasteiger partial charge in [-0.25, -0.2) is 4.79 Å². The van der Waals surface area contributed by atoms with E-state index in [2.05, 4.69) is 10.6 Å². The Morgan fingerprint density at radius 1 is 0.583 bits per heavy atom. The van der Waals surface area contributed by atoms with Crippen molar-refractivity contribution in [2.45, 2.75) is 69.1 Å². The van der Waals surface area contributed by atoms with Gasteiger partial charge in [-0.1, -0.05) is 0 Å². The van der Waals surface area contributed by atoms with Crippen LogP contribution in [0.25, 0.3) is 0 Å². The van der Waals surface area contributed by atoms with E-state index >= 15 is 0 Å². The second-order valence-electron chi connectivity index (χ2n) is 7.74. The van der Waals surface area contributed by atoms with E-state index in [0.717, 1.165) is 0 Å². The molecule has 0 aliphatic carbocycles. The number of hydrogen-bond acceptors (Lipinski definition) is 9. The molecule has 0 aromatic heterocycles. The van der Waals surface area contributed by atoms with Crippen molar-refractivity contribution in [1.82, 2.24) is 16.0 Å². The van der Waals surface area contributed by atoms with Gasteiger partial charge in [-0.15, -0.1) is 0 Å². The number of rotatable bonds is 18. The van der Waals surface area contributed by atoms with Gasteiger partial charge in [-0.3, -0.25) is 33.6 Å². The SMILES string of the molecule is NC(=O)CCC(N)C(=O)NC(CCC(=O)O)C(=O)NC(CC(N)=O)C(=O)NC(CCC(N)=O)C(=O)O.